The molecular weight excluding hydrogens is 806 g/mol. The summed E-state index contributed by atoms with van der Waals surface area (Å²) >= 11 is 6.24. The number of hydrogen-bond donors (Lipinski definition) is 2. The van der Waals surface area contributed by atoms with E-state index in [-0.39, 0.29) is 29.4 Å². The number of sulfonamides is 1. The standard InChI is InChI=1S/C44H50ClN7O7S/c1-43(2)41(44(3,4)42(43)59-31-9-5-28(25-46)35(45)24-31)48-60(57,58)32-10-6-29(7-11-32)51-21-19-49(20-22-51)26-27-15-17-50(18-16-27)30-8-12-33-34(23-30)40(56)52(39(33)55)36-13-14-37(53)47-38(36)54/h5-12,23-24,27,36,41-42,48H,13-22,26H2,1-4H3,(H,47,53,54). The number of hydrogen-bond acceptors (Lipinski definition) is 11. The third kappa shape index (κ3) is 7.63. The smallest absolute Gasteiger partial charge is 0.262 e. The molecule has 1 atom stereocenters. The molecule has 1 aliphatic carbocycles. The van der Waals surface area contributed by atoms with Gasteiger partial charge in [0.25, 0.3) is 11.8 Å². The zero-order valence-corrected chi connectivity index (χ0v) is 35.8. The Bertz CT molecular complexity index is 2370. The molecule has 4 fully saturated rings. The fraction of sp³-hybridized carbons (Fsp3) is 0.477. The predicted octanol–water partition coefficient (Wildman–Crippen LogP) is 4.81. The number of benzene rings is 3. The molecular formula is C44H50ClN7O7S. The number of carbonyl (C=O) groups is 4. The lowest BCUT2D eigenvalue weighted by atomic mass is 9.50. The fourth-order valence-corrected chi connectivity index (χ4v) is 11.9. The second-order valence-corrected chi connectivity index (χ2v) is 20.0. The van der Waals surface area contributed by atoms with Crippen molar-refractivity contribution in [3.8, 4) is 11.8 Å². The Morgan fingerprint density at radius 3 is 2.08 bits per heavy atom. The van der Waals surface area contributed by atoms with Crippen molar-refractivity contribution < 1.29 is 32.3 Å². The Hall–Kier alpha value is -5.01. The second kappa shape index (κ2) is 15.8. The molecule has 4 amide bonds. The number of imide groups is 2. The van der Waals surface area contributed by atoms with Crippen molar-refractivity contribution in [2.24, 2.45) is 16.7 Å². The number of piperidine rings is 2. The highest BCUT2D eigenvalue weighted by molar-refractivity contribution is 7.89. The van der Waals surface area contributed by atoms with Crippen LogP contribution in [-0.4, -0.2) is 106 Å². The van der Waals surface area contributed by atoms with Crippen molar-refractivity contribution in [2.75, 3.05) is 55.6 Å². The molecule has 5 aliphatic rings. The number of fused-ring (bicyclic) bond motifs is 1. The summed E-state index contributed by atoms with van der Waals surface area (Å²) in [5, 5.41) is 11.8. The van der Waals surface area contributed by atoms with Gasteiger partial charge in [0.15, 0.2) is 0 Å². The lowest BCUT2D eigenvalue weighted by Crippen LogP contribution is -2.74. The molecule has 0 radical (unpaired) electrons. The SMILES string of the molecule is CC1(C)C(NS(=O)(=O)c2ccc(N3CCN(CC4CCN(c5ccc6c(c5)C(=O)N(C5CCC(=O)NC5=O)C6=O)CC4)CC3)cc2)C(C)(C)C1Oc1ccc(C#N)c(Cl)c1. The average molecular weight is 856 g/mol. The van der Waals surface area contributed by atoms with E-state index in [0.29, 0.717) is 27.8 Å². The Morgan fingerprint density at radius 2 is 1.45 bits per heavy atom. The van der Waals surface area contributed by atoms with Crippen LogP contribution in [0.5, 0.6) is 5.75 Å². The first kappa shape index (κ1) is 41.7. The van der Waals surface area contributed by atoms with Gasteiger partial charge in [-0.25, -0.2) is 13.1 Å². The maximum absolute atomic E-state index is 13.7. The van der Waals surface area contributed by atoms with E-state index in [1.807, 2.05) is 52.0 Å². The van der Waals surface area contributed by atoms with Crippen LogP contribution >= 0.6 is 11.6 Å². The van der Waals surface area contributed by atoms with Crippen molar-refractivity contribution in [1.29, 1.82) is 5.26 Å². The summed E-state index contributed by atoms with van der Waals surface area (Å²) in [5.41, 5.74) is 1.73. The van der Waals surface area contributed by atoms with Gasteiger partial charge >= 0.3 is 0 Å². The summed E-state index contributed by atoms with van der Waals surface area (Å²) in [6.07, 6.45) is 1.88. The molecule has 1 saturated carbocycles. The van der Waals surface area contributed by atoms with Crippen LogP contribution in [0.2, 0.25) is 5.02 Å². The molecule has 60 heavy (non-hydrogen) atoms. The number of ether oxygens (including phenoxy) is 1. The maximum atomic E-state index is 13.7. The molecule has 2 N–H and O–H groups in total. The molecule has 0 aromatic heterocycles. The number of nitriles is 1. The van der Waals surface area contributed by atoms with Crippen LogP contribution in [0.4, 0.5) is 11.4 Å². The van der Waals surface area contributed by atoms with Crippen LogP contribution in [0, 0.1) is 28.1 Å². The van der Waals surface area contributed by atoms with Gasteiger partial charge in [-0.2, -0.15) is 5.26 Å². The van der Waals surface area contributed by atoms with Gasteiger partial charge in [-0.15, -0.1) is 0 Å². The van der Waals surface area contributed by atoms with Crippen molar-refractivity contribution in [3.63, 3.8) is 0 Å². The molecule has 16 heteroatoms. The minimum Gasteiger partial charge on any atom is -0.489 e. The molecule has 3 saturated heterocycles. The summed E-state index contributed by atoms with van der Waals surface area (Å²) in [6, 6.07) is 18.0. The normalized spacial score (nSPS) is 24.5. The third-order valence-corrected chi connectivity index (χ3v) is 15.0. The van der Waals surface area contributed by atoms with Gasteiger partial charge in [0.1, 0.15) is 24.0 Å². The number of amides is 4. The molecule has 3 aromatic rings. The first-order valence-corrected chi connectivity index (χ1v) is 22.4. The summed E-state index contributed by atoms with van der Waals surface area (Å²) in [6.45, 7) is 14.0. The molecule has 0 bridgehead atoms. The zero-order chi connectivity index (χ0) is 42.7. The number of nitrogens with one attached hydrogen (secondary N) is 2. The molecule has 316 valence electrons. The zero-order valence-electron chi connectivity index (χ0n) is 34.2. The van der Waals surface area contributed by atoms with Crippen LogP contribution in [0.1, 0.15) is 79.7 Å². The van der Waals surface area contributed by atoms with Crippen molar-refractivity contribution in [2.45, 2.75) is 76.5 Å². The highest BCUT2D eigenvalue weighted by Gasteiger charge is 2.64. The number of halogens is 1. The number of carbonyl (C=O) groups excluding carboxylic acids is 4. The number of piperazine rings is 1. The van der Waals surface area contributed by atoms with Gasteiger partial charge in [0, 0.05) is 86.5 Å². The maximum Gasteiger partial charge on any atom is 0.262 e. The van der Waals surface area contributed by atoms with E-state index >= 15 is 0 Å². The average Bonchev–Trinajstić information content (AvgIpc) is 3.47. The fourth-order valence-electron chi connectivity index (χ4n) is 10.2. The molecule has 4 aliphatic heterocycles. The van der Waals surface area contributed by atoms with E-state index in [1.54, 1.807) is 42.5 Å². The Kier molecular flexibility index (Phi) is 11.0. The highest BCUT2D eigenvalue weighted by atomic mass is 35.5. The van der Waals surface area contributed by atoms with Gasteiger partial charge in [-0.3, -0.25) is 34.3 Å². The largest absolute Gasteiger partial charge is 0.489 e. The molecule has 4 heterocycles. The summed E-state index contributed by atoms with van der Waals surface area (Å²) in [5.74, 6) is -0.962. The Balaban J connectivity index is 0.804. The lowest BCUT2D eigenvalue weighted by molar-refractivity contribution is -0.161. The van der Waals surface area contributed by atoms with E-state index in [4.69, 9.17) is 16.3 Å². The first-order chi connectivity index (χ1) is 28.5. The number of anilines is 2. The Labute approximate surface area is 355 Å². The van der Waals surface area contributed by atoms with Gasteiger partial charge in [-0.05, 0) is 79.8 Å². The number of rotatable bonds is 10. The van der Waals surface area contributed by atoms with Crippen molar-refractivity contribution >= 4 is 56.6 Å². The van der Waals surface area contributed by atoms with Crippen molar-refractivity contribution in [1.82, 2.24) is 19.8 Å². The molecule has 14 nitrogen and oxygen atoms in total. The quantitative estimate of drug-likeness (QED) is 0.268. The monoisotopic (exact) mass is 855 g/mol. The van der Waals surface area contributed by atoms with E-state index in [2.05, 4.69) is 24.7 Å². The third-order valence-electron chi connectivity index (χ3n) is 13.2. The number of nitrogens with zero attached hydrogens (tertiary/aromatic N) is 5. The topological polar surface area (TPSA) is 172 Å². The summed E-state index contributed by atoms with van der Waals surface area (Å²) in [4.78, 5) is 58.8. The van der Waals surface area contributed by atoms with Crippen LogP contribution < -0.4 is 24.6 Å². The predicted molar refractivity (Wildman–Crippen MR) is 225 cm³/mol. The van der Waals surface area contributed by atoms with E-state index in [0.717, 1.165) is 74.9 Å². The van der Waals surface area contributed by atoms with E-state index < -0.39 is 56.6 Å². The molecule has 3 aromatic carbocycles. The Morgan fingerprint density at radius 1 is 0.817 bits per heavy atom. The lowest BCUT2D eigenvalue weighted by Gasteiger charge is -2.62. The molecule has 8 rings (SSSR count). The minimum atomic E-state index is -3.83. The van der Waals surface area contributed by atoms with Crippen LogP contribution in [-0.2, 0) is 19.6 Å². The van der Waals surface area contributed by atoms with Crippen LogP contribution in [0.3, 0.4) is 0 Å². The molecule has 0 spiro atoms. The minimum absolute atomic E-state index is 0.0825. The first-order valence-electron chi connectivity index (χ1n) is 20.5. The summed E-state index contributed by atoms with van der Waals surface area (Å²) in [7, 11) is -3.83. The van der Waals surface area contributed by atoms with Crippen LogP contribution in [0.15, 0.2) is 65.6 Å². The molecule has 1 unspecified atom stereocenters. The second-order valence-electron chi connectivity index (χ2n) is 17.8. The van der Waals surface area contributed by atoms with Crippen molar-refractivity contribution in [3.05, 3.63) is 82.4 Å². The van der Waals surface area contributed by atoms with E-state index in [9.17, 15) is 32.9 Å². The van der Waals surface area contributed by atoms with Crippen LogP contribution in [0.25, 0.3) is 0 Å². The van der Waals surface area contributed by atoms with E-state index in [1.165, 1.54) is 0 Å². The van der Waals surface area contributed by atoms with Gasteiger partial charge in [0.2, 0.25) is 21.8 Å². The van der Waals surface area contributed by atoms with Gasteiger partial charge < -0.3 is 14.5 Å². The van der Waals surface area contributed by atoms with Gasteiger partial charge in [-0.1, -0.05) is 39.3 Å². The highest BCUT2D eigenvalue weighted by Crippen LogP contribution is 2.56. The summed E-state index contributed by atoms with van der Waals surface area (Å²) < 4.78 is 36.7. The van der Waals surface area contributed by atoms with Gasteiger partial charge in [0.05, 0.1) is 26.6 Å².